The van der Waals surface area contributed by atoms with Crippen molar-refractivity contribution >= 4 is 5.96 Å². The molecule has 23 heavy (non-hydrogen) atoms. The SMILES string of the molecule is CN=C(NCCn1cc(C)cn1)NC1CCCC(C(F)(F)F)C1. The van der Waals surface area contributed by atoms with E-state index >= 15 is 0 Å². The van der Waals surface area contributed by atoms with Crippen LogP contribution in [0.25, 0.3) is 0 Å². The third-order valence-corrected chi connectivity index (χ3v) is 4.10. The summed E-state index contributed by atoms with van der Waals surface area (Å²) >= 11 is 0. The van der Waals surface area contributed by atoms with Crippen LogP contribution >= 0.6 is 0 Å². The maximum absolute atomic E-state index is 12.8. The summed E-state index contributed by atoms with van der Waals surface area (Å²) in [4.78, 5) is 4.09. The fourth-order valence-electron chi connectivity index (χ4n) is 2.88. The highest BCUT2D eigenvalue weighted by atomic mass is 19.4. The molecule has 0 radical (unpaired) electrons. The molecule has 1 aliphatic carbocycles. The number of aryl methyl sites for hydroxylation is 1. The van der Waals surface area contributed by atoms with Gasteiger partial charge in [-0.25, -0.2) is 0 Å². The molecule has 0 aromatic carbocycles. The van der Waals surface area contributed by atoms with Gasteiger partial charge in [0.25, 0.3) is 0 Å². The van der Waals surface area contributed by atoms with Crippen LogP contribution in [0.4, 0.5) is 13.2 Å². The first kappa shape index (κ1) is 17.6. The van der Waals surface area contributed by atoms with E-state index in [1.54, 1.807) is 13.2 Å². The van der Waals surface area contributed by atoms with Gasteiger partial charge in [-0.05, 0) is 31.7 Å². The number of aromatic nitrogens is 2. The summed E-state index contributed by atoms with van der Waals surface area (Å²) in [5.41, 5.74) is 1.09. The Morgan fingerprint density at radius 2 is 2.22 bits per heavy atom. The normalized spacial score (nSPS) is 22.9. The minimum absolute atomic E-state index is 0.114. The quantitative estimate of drug-likeness (QED) is 0.658. The molecule has 5 nitrogen and oxygen atoms in total. The predicted molar refractivity (Wildman–Crippen MR) is 83.3 cm³/mol. The van der Waals surface area contributed by atoms with Gasteiger partial charge >= 0.3 is 6.18 Å². The number of rotatable bonds is 4. The smallest absolute Gasteiger partial charge is 0.355 e. The van der Waals surface area contributed by atoms with Gasteiger partial charge in [-0.15, -0.1) is 0 Å². The maximum Gasteiger partial charge on any atom is 0.391 e. The number of nitrogens with one attached hydrogen (secondary N) is 2. The van der Waals surface area contributed by atoms with Gasteiger partial charge < -0.3 is 10.6 Å². The number of aliphatic imine (C=N–C) groups is 1. The zero-order chi connectivity index (χ0) is 16.9. The summed E-state index contributed by atoms with van der Waals surface area (Å²) in [7, 11) is 1.62. The first-order chi connectivity index (χ1) is 10.9. The van der Waals surface area contributed by atoms with Gasteiger partial charge in [-0.2, -0.15) is 18.3 Å². The van der Waals surface area contributed by atoms with Crippen molar-refractivity contribution in [2.45, 2.75) is 51.4 Å². The fraction of sp³-hybridized carbons (Fsp3) is 0.733. The monoisotopic (exact) mass is 331 g/mol. The lowest BCUT2D eigenvalue weighted by molar-refractivity contribution is -0.183. The highest BCUT2D eigenvalue weighted by Crippen LogP contribution is 2.37. The minimum atomic E-state index is -4.10. The molecule has 1 fully saturated rings. The van der Waals surface area contributed by atoms with E-state index in [1.807, 2.05) is 17.8 Å². The third kappa shape index (κ3) is 5.44. The zero-order valence-electron chi connectivity index (χ0n) is 13.5. The first-order valence-corrected chi connectivity index (χ1v) is 7.91. The van der Waals surface area contributed by atoms with Crippen LogP contribution in [-0.2, 0) is 6.54 Å². The van der Waals surface area contributed by atoms with Crippen molar-refractivity contribution in [3.8, 4) is 0 Å². The molecular formula is C15H24F3N5. The third-order valence-electron chi connectivity index (χ3n) is 4.10. The second kappa shape index (κ2) is 7.70. The lowest BCUT2D eigenvalue weighted by Crippen LogP contribution is -2.47. The van der Waals surface area contributed by atoms with Crippen molar-refractivity contribution in [3.05, 3.63) is 18.0 Å². The Morgan fingerprint density at radius 3 is 2.83 bits per heavy atom. The molecular weight excluding hydrogens is 307 g/mol. The molecule has 0 amide bonds. The molecule has 1 aliphatic rings. The summed E-state index contributed by atoms with van der Waals surface area (Å²) in [6.45, 7) is 3.25. The van der Waals surface area contributed by atoms with Crippen LogP contribution in [0, 0.1) is 12.8 Å². The molecule has 0 saturated heterocycles. The largest absolute Gasteiger partial charge is 0.391 e. The van der Waals surface area contributed by atoms with E-state index in [0.29, 0.717) is 25.5 Å². The van der Waals surface area contributed by atoms with Gasteiger partial charge in [0.1, 0.15) is 0 Å². The Bertz CT molecular complexity index is 523. The molecule has 1 aromatic rings. The van der Waals surface area contributed by atoms with Gasteiger partial charge in [0, 0.05) is 25.8 Å². The minimum Gasteiger partial charge on any atom is -0.355 e. The van der Waals surface area contributed by atoms with Gasteiger partial charge in [0.05, 0.1) is 18.7 Å². The second-order valence-corrected chi connectivity index (χ2v) is 6.03. The van der Waals surface area contributed by atoms with Crippen molar-refractivity contribution in [2.75, 3.05) is 13.6 Å². The molecule has 2 rings (SSSR count). The second-order valence-electron chi connectivity index (χ2n) is 6.03. The molecule has 0 spiro atoms. The number of hydrogen-bond acceptors (Lipinski definition) is 2. The van der Waals surface area contributed by atoms with E-state index in [2.05, 4.69) is 20.7 Å². The van der Waals surface area contributed by atoms with E-state index in [-0.39, 0.29) is 18.9 Å². The standard InChI is InChI=1S/C15H24F3N5/c1-11-9-21-23(10-11)7-6-20-14(19-2)22-13-5-3-4-12(8-13)15(16,17)18/h9-10,12-13H,3-8H2,1-2H3,(H2,19,20,22). The average molecular weight is 331 g/mol. The van der Waals surface area contributed by atoms with Crippen molar-refractivity contribution in [1.82, 2.24) is 20.4 Å². The summed E-state index contributed by atoms with van der Waals surface area (Å²) in [5, 5.41) is 10.4. The Hall–Kier alpha value is -1.73. The Labute approximate surface area is 134 Å². The fourth-order valence-corrected chi connectivity index (χ4v) is 2.88. The molecule has 2 N–H and O–H groups in total. The topological polar surface area (TPSA) is 54.2 Å². The summed E-state index contributed by atoms with van der Waals surface area (Å²) < 4.78 is 40.3. The van der Waals surface area contributed by atoms with E-state index in [4.69, 9.17) is 0 Å². The average Bonchev–Trinajstić information content (AvgIpc) is 2.91. The van der Waals surface area contributed by atoms with E-state index in [0.717, 1.165) is 12.0 Å². The van der Waals surface area contributed by atoms with E-state index < -0.39 is 12.1 Å². The Balaban J connectivity index is 1.78. The molecule has 2 unspecified atom stereocenters. The number of hydrogen-bond donors (Lipinski definition) is 2. The lowest BCUT2D eigenvalue weighted by atomic mass is 9.85. The highest BCUT2D eigenvalue weighted by molar-refractivity contribution is 5.79. The number of guanidine groups is 1. The zero-order valence-corrected chi connectivity index (χ0v) is 13.5. The summed E-state index contributed by atoms with van der Waals surface area (Å²) in [6, 6.07) is -0.187. The summed E-state index contributed by atoms with van der Waals surface area (Å²) in [6.07, 6.45) is 1.29. The molecule has 2 atom stereocenters. The predicted octanol–water partition coefficient (Wildman–Crippen LogP) is 2.48. The highest BCUT2D eigenvalue weighted by Gasteiger charge is 2.42. The van der Waals surface area contributed by atoms with Crippen molar-refractivity contribution in [1.29, 1.82) is 0 Å². The Morgan fingerprint density at radius 1 is 1.43 bits per heavy atom. The Kier molecular flexibility index (Phi) is 5.90. The van der Waals surface area contributed by atoms with Crippen LogP contribution in [0.15, 0.2) is 17.4 Å². The van der Waals surface area contributed by atoms with Crippen LogP contribution < -0.4 is 10.6 Å². The van der Waals surface area contributed by atoms with Crippen molar-refractivity contribution in [2.24, 2.45) is 10.9 Å². The molecule has 130 valence electrons. The molecule has 0 bridgehead atoms. The van der Waals surface area contributed by atoms with Crippen LogP contribution in [0.5, 0.6) is 0 Å². The van der Waals surface area contributed by atoms with Crippen LogP contribution in [-0.4, -0.2) is 41.6 Å². The van der Waals surface area contributed by atoms with Gasteiger partial charge in [0.2, 0.25) is 0 Å². The summed E-state index contributed by atoms with van der Waals surface area (Å²) in [5.74, 6) is -0.666. The molecule has 8 heteroatoms. The lowest BCUT2D eigenvalue weighted by Gasteiger charge is -2.31. The number of nitrogens with zero attached hydrogens (tertiary/aromatic N) is 3. The van der Waals surface area contributed by atoms with Gasteiger partial charge in [-0.3, -0.25) is 9.67 Å². The number of alkyl halides is 3. The number of halogens is 3. The van der Waals surface area contributed by atoms with Crippen LogP contribution in [0.1, 0.15) is 31.2 Å². The molecule has 1 heterocycles. The van der Waals surface area contributed by atoms with Gasteiger partial charge in [0.15, 0.2) is 5.96 Å². The van der Waals surface area contributed by atoms with Crippen LogP contribution in [0.2, 0.25) is 0 Å². The first-order valence-electron chi connectivity index (χ1n) is 7.91. The molecule has 0 aliphatic heterocycles. The van der Waals surface area contributed by atoms with Crippen LogP contribution in [0.3, 0.4) is 0 Å². The van der Waals surface area contributed by atoms with E-state index in [9.17, 15) is 13.2 Å². The van der Waals surface area contributed by atoms with Crippen molar-refractivity contribution < 1.29 is 13.2 Å². The molecule has 1 saturated carbocycles. The molecule has 1 aromatic heterocycles. The maximum atomic E-state index is 12.8. The van der Waals surface area contributed by atoms with Crippen molar-refractivity contribution in [3.63, 3.8) is 0 Å². The van der Waals surface area contributed by atoms with E-state index in [1.165, 1.54) is 0 Å². The van der Waals surface area contributed by atoms with Gasteiger partial charge in [-0.1, -0.05) is 6.42 Å².